The van der Waals surface area contributed by atoms with Crippen LogP contribution in [0.1, 0.15) is 23.6 Å². The fourth-order valence-corrected chi connectivity index (χ4v) is 2.75. The van der Waals surface area contributed by atoms with Crippen LogP contribution in [0, 0.1) is 13.8 Å². The van der Waals surface area contributed by atoms with Gasteiger partial charge in [-0.1, -0.05) is 41.4 Å². The van der Waals surface area contributed by atoms with Gasteiger partial charge in [0.15, 0.2) is 18.1 Å². The maximum atomic E-state index is 11.9. The van der Waals surface area contributed by atoms with Crippen LogP contribution >= 0.6 is 23.2 Å². The maximum absolute atomic E-state index is 11.9. The van der Waals surface area contributed by atoms with E-state index in [1.165, 1.54) is 12.3 Å². The molecule has 8 heteroatoms. The number of rotatable bonds is 7. The van der Waals surface area contributed by atoms with Crippen molar-refractivity contribution in [3.8, 4) is 17.2 Å². The predicted molar refractivity (Wildman–Crippen MR) is 106 cm³/mol. The molecule has 27 heavy (non-hydrogen) atoms. The molecule has 0 saturated heterocycles. The average Bonchev–Trinajstić information content (AvgIpc) is 2.62. The molecule has 1 amide bonds. The number of para-hydroxylation sites is 1. The topological polar surface area (TPSA) is 80.2 Å². The van der Waals surface area contributed by atoms with Crippen LogP contribution in [0.3, 0.4) is 0 Å². The fraction of sp³-hybridized carbons (Fsp3) is 0.263. The van der Waals surface area contributed by atoms with Crippen molar-refractivity contribution in [3.05, 3.63) is 51.0 Å². The lowest BCUT2D eigenvalue weighted by Gasteiger charge is -2.11. The van der Waals surface area contributed by atoms with Gasteiger partial charge < -0.3 is 14.6 Å². The molecule has 2 N–H and O–H groups in total. The third-order valence-electron chi connectivity index (χ3n) is 3.63. The summed E-state index contributed by atoms with van der Waals surface area (Å²) in [6.07, 6.45) is 1.20. The van der Waals surface area contributed by atoms with Gasteiger partial charge in [-0.25, -0.2) is 5.43 Å². The zero-order chi connectivity index (χ0) is 20.0. The Hall–Kier alpha value is -2.44. The van der Waals surface area contributed by atoms with E-state index in [9.17, 15) is 9.90 Å². The Morgan fingerprint density at radius 2 is 1.93 bits per heavy atom. The number of hydrogen-bond donors (Lipinski definition) is 2. The molecule has 2 aromatic carbocycles. The number of nitrogens with one attached hydrogen (secondary N) is 1. The van der Waals surface area contributed by atoms with Crippen LogP contribution < -0.4 is 14.9 Å². The Balaban J connectivity index is 2.04. The zero-order valence-electron chi connectivity index (χ0n) is 15.2. The lowest BCUT2D eigenvalue weighted by Crippen LogP contribution is -2.25. The van der Waals surface area contributed by atoms with E-state index in [4.69, 9.17) is 32.7 Å². The second-order valence-corrected chi connectivity index (χ2v) is 6.45. The van der Waals surface area contributed by atoms with E-state index in [1.54, 1.807) is 6.92 Å². The van der Waals surface area contributed by atoms with Crippen molar-refractivity contribution in [1.82, 2.24) is 5.43 Å². The number of amides is 1. The molecule has 0 spiro atoms. The SMILES string of the molecule is CCOc1cc(Cl)c(Cl)c(/C=N\NC(=O)COc2c(C)cccc2C)c1O. The van der Waals surface area contributed by atoms with Crippen molar-refractivity contribution < 1.29 is 19.4 Å². The van der Waals surface area contributed by atoms with Crippen molar-refractivity contribution in [2.45, 2.75) is 20.8 Å². The van der Waals surface area contributed by atoms with E-state index < -0.39 is 5.91 Å². The molecule has 6 nitrogen and oxygen atoms in total. The zero-order valence-corrected chi connectivity index (χ0v) is 16.7. The van der Waals surface area contributed by atoms with E-state index >= 15 is 0 Å². The molecular weight excluding hydrogens is 391 g/mol. The number of phenolic OH excluding ortho intramolecular Hbond substituents is 1. The first-order valence-electron chi connectivity index (χ1n) is 8.19. The van der Waals surface area contributed by atoms with Crippen LogP contribution in [-0.2, 0) is 4.79 Å². The molecule has 0 bridgehead atoms. The summed E-state index contributed by atoms with van der Waals surface area (Å²) in [5, 5.41) is 14.3. The molecule has 2 aromatic rings. The average molecular weight is 411 g/mol. The number of benzene rings is 2. The van der Waals surface area contributed by atoms with Gasteiger partial charge in [-0.15, -0.1) is 0 Å². The number of nitrogens with zero attached hydrogens (tertiary/aromatic N) is 1. The Bertz CT molecular complexity index is 849. The minimum Gasteiger partial charge on any atom is -0.504 e. The summed E-state index contributed by atoms with van der Waals surface area (Å²) in [6.45, 7) is 5.71. The normalized spacial score (nSPS) is 10.9. The standard InChI is InChI=1S/C19H20Cl2N2O4/c1-4-26-15-8-14(20)17(21)13(18(15)25)9-22-23-16(24)10-27-19-11(2)6-5-7-12(19)3/h5-9,25H,4,10H2,1-3H3,(H,23,24)/b22-9-. The van der Waals surface area contributed by atoms with E-state index in [0.29, 0.717) is 12.4 Å². The number of carbonyl (C=O) groups excluding carboxylic acids is 1. The van der Waals surface area contributed by atoms with Gasteiger partial charge in [-0.2, -0.15) is 5.10 Å². The summed E-state index contributed by atoms with van der Waals surface area (Å²) in [5.41, 5.74) is 4.33. The third kappa shape index (κ3) is 5.28. The Kier molecular flexibility index (Phi) is 7.33. The molecule has 0 aliphatic rings. The highest BCUT2D eigenvalue weighted by Crippen LogP contribution is 2.39. The van der Waals surface area contributed by atoms with Crippen molar-refractivity contribution in [3.63, 3.8) is 0 Å². The van der Waals surface area contributed by atoms with Crippen LogP contribution in [0.15, 0.2) is 29.4 Å². The second-order valence-electron chi connectivity index (χ2n) is 5.67. The fourth-order valence-electron chi connectivity index (χ4n) is 2.36. The Morgan fingerprint density at radius 3 is 2.56 bits per heavy atom. The van der Waals surface area contributed by atoms with Crippen LogP contribution in [0.5, 0.6) is 17.2 Å². The van der Waals surface area contributed by atoms with Crippen LogP contribution in [0.25, 0.3) is 0 Å². The van der Waals surface area contributed by atoms with E-state index in [0.717, 1.165) is 11.1 Å². The van der Waals surface area contributed by atoms with Crippen LogP contribution in [0.4, 0.5) is 0 Å². The summed E-state index contributed by atoms with van der Waals surface area (Å²) in [6, 6.07) is 7.13. The minimum atomic E-state index is -0.462. The molecular formula is C19H20Cl2N2O4. The molecule has 0 aliphatic carbocycles. The van der Waals surface area contributed by atoms with E-state index in [-0.39, 0.29) is 33.7 Å². The van der Waals surface area contributed by atoms with Crippen molar-refractivity contribution in [2.75, 3.05) is 13.2 Å². The first kappa shape index (κ1) is 20.9. The highest BCUT2D eigenvalue weighted by molar-refractivity contribution is 6.43. The van der Waals surface area contributed by atoms with Gasteiger partial charge in [0.05, 0.1) is 28.4 Å². The molecule has 0 saturated carbocycles. The maximum Gasteiger partial charge on any atom is 0.277 e. The first-order valence-corrected chi connectivity index (χ1v) is 8.95. The molecule has 0 aliphatic heterocycles. The summed E-state index contributed by atoms with van der Waals surface area (Å²) < 4.78 is 10.8. The summed E-state index contributed by atoms with van der Waals surface area (Å²) in [7, 11) is 0. The largest absolute Gasteiger partial charge is 0.504 e. The monoisotopic (exact) mass is 410 g/mol. The van der Waals surface area contributed by atoms with Gasteiger partial charge in [0.2, 0.25) is 0 Å². The second kappa shape index (κ2) is 9.48. The number of carbonyl (C=O) groups is 1. The van der Waals surface area contributed by atoms with Gasteiger partial charge in [0.1, 0.15) is 5.75 Å². The number of halogens is 2. The molecule has 2 rings (SSSR count). The van der Waals surface area contributed by atoms with Gasteiger partial charge in [0.25, 0.3) is 5.91 Å². The predicted octanol–water partition coefficient (Wildman–Crippen LogP) is 4.24. The van der Waals surface area contributed by atoms with Gasteiger partial charge >= 0.3 is 0 Å². The lowest BCUT2D eigenvalue weighted by molar-refractivity contribution is -0.123. The van der Waals surface area contributed by atoms with Crippen molar-refractivity contribution >= 4 is 35.3 Å². The molecule has 0 fully saturated rings. The van der Waals surface area contributed by atoms with Gasteiger partial charge in [-0.3, -0.25) is 4.79 Å². The molecule has 0 heterocycles. The van der Waals surface area contributed by atoms with E-state index in [2.05, 4.69) is 10.5 Å². The highest BCUT2D eigenvalue weighted by atomic mass is 35.5. The highest BCUT2D eigenvalue weighted by Gasteiger charge is 2.15. The van der Waals surface area contributed by atoms with Gasteiger partial charge in [-0.05, 0) is 31.9 Å². The number of aryl methyl sites for hydroxylation is 2. The van der Waals surface area contributed by atoms with Crippen molar-refractivity contribution in [2.24, 2.45) is 5.10 Å². The molecule has 0 unspecified atom stereocenters. The minimum absolute atomic E-state index is 0.0994. The smallest absolute Gasteiger partial charge is 0.277 e. The molecule has 0 aromatic heterocycles. The van der Waals surface area contributed by atoms with E-state index in [1.807, 2.05) is 32.0 Å². The van der Waals surface area contributed by atoms with Crippen LogP contribution in [-0.4, -0.2) is 30.4 Å². The number of phenols is 1. The first-order chi connectivity index (χ1) is 12.8. The third-order valence-corrected chi connectivity index (χ3v) is 4.43. The van der Waals surface area contributed by atoms with Crippen LogP contribution in [0.2, 0.25) is 10.0 Å². The number of hydrogen-bond acceptors (Lipinski definition) is 5. The quantitative estimate of drug-likeness (QED) is 0.528. The summed E-state index contributed by atoms with van der Waals surface area (Å²) in [5.74, 6) is 0.166. The molecule has 144 valence electrons. The Morgan fingerprint density at radius 1 is 1.26 bits per heavy atom. The summed E-state index contributed by atoms with van der Waals surface area (Å²) >= 11 is 12.1. The van der Waals surface area contributed by atoms with Gasteiger partial charge in [0, 0.05) is 6.07 Å². The molecule has 0 atom stereocenters. The van der Waals surface area contributed by atoms with Crippen molar-refractivity contribution in [1.29, 1.82) is 0 Å². The molecule has 0 radical (unpaired) electrons. The number of hydrazone groups is 1. The Labute approximate surface area is 167 Å². The number of aromatic hydroxyl groups is 1. The summed E-state index contributed by atoms with van der Waals surface area (Å²) in [4.78, 5) is 11.9. The lowest BCUT2D eigenvalue weighted by atomic mass is 10.1. The number of ether oxygens (including phenoxy) is 2.